The predicted octanol–water partition coefficient (Wildman–Crippen LogP) is 4.20. The van der Waals surface area contributed by atoms with E-state index in [2.05, 4.69) is 15.2 Å². The molecule has 3 aromatic rings. The van der Waals surface area contributed by atoms with E-state index in [1.807, 2.05) is 13.8 Å². The number of halogens is 3. The Bertz CT molecular complexity index is 1300. The number of aryl methyl sites for hydroxylation is 1. The van der Waals surface area contributed by atoms with Crippen LogP contribution in [0.4, 0.5) is 18.9 Å². The van der Waals surface area contributed by atoms with E-state index in [0.29, 0.717) is 12.0 Å². The Morgan fingerprint density at radius 1 is 1.03 bits per heavy atom. The average molecular weight is 533 g/mol. The highest BCUT2D eigenvalue weighted by Crippen LogP contribution is 2.24. The molecule has 0 unspecified atom stereocenters. The summed E-state index contributed by atoms with van der Waals surface area (Å²) in [5.41, 5.74) is 3.95. The summed E-state index contributed by atoms with van der Waals surface area (Å²) < 4.78 is 47.0. The molecule has 0 spiro atoms. The van der Waals surface area contributed by atoms with E-state index in [1.54, 1.807) is 28.9 Å². The van der Waals surface area contributed by atoms with Crippen molar-refractivity contribution >= 4 is 23.5 Å². The number of likely N-dealkylation sites (N-methyl/N-ethyl adjacent to an activating group) is 1. The second kappa shape index (κ2) is 11.8. The van der Waals surface area contributed by atoms with Gasteiger partial charge in [0.05, 0.1) is 25.0 Å². The second-order valence-electron chi connectivity index (χ2n) is 8.47. The molecule has 0 fully saturated rings. The molecule has 1 N–H and O–H groups in total. The van der Waals surface area contributed by atoms with Gasteiger partial charge in [-0.25, -0.2) is 4.68 Å². The fourth-order valence-electron chi connectivity index (χ4n) is 3.81. The largest absolute Gasteiger partial charge is 0.573 e. The van der Waals surface area contributed by atoms with Crippen LogP contribution in [0.15, 0.2) is 48.5 Å². The van der Waals surface area contributed by atoms with Crippen molar-refractivity contribution in [1.29, 1.82) is 0 Å². The van der Waals surface area contributed by atoms with Crippen LogP contribution in [0.25, 0.3) is 5.69 Å². The van der Waals surface area contributed by atoms with Crippen molar-refractivity contribution < 1.29 is 37.0 Å². The molecule has 0 bridgehead atoms. The van der Waals surface area contributed by atoms with Gasteiger partial charge < -0.3 is 19.7 Å². The minimum atomic E-state index is -4.81. The summed E-state index contributed by atoms with van der Waals surface area (Å²) in [7, 11) is 2.81. The van der Waals surface area contributed by atoms with Crippen molar-refractivity contribution in [2.45, 2.75) is 33.1 Å². The minimum Gasteiger partial charge on any atom is -0.469 e. The lowest BCUT2D eigenvalue weighted by atomic mass is 10.1. The van der Waals surface area contributed by atoms with Gasteiger partial charge in [-0.3, -0.25) is 14.4 Å². The standard InChI is InChI=1S/C26H27F3N4O5/c1-16-22(13-14-24(35)37-4)17(2)33(31-16)20-9-5-18(6-10-20)25(36)32(3)15-23(34)30-19-7-11-21(12-8-19)38-26(27,28)29/h5-12H,13-15H2,1-4H3,(H,30,34). The number of esters is 1. The summed E-state index contributed by atoms with van der Waals surface area (Å²) >= 11 is 0. The van der Waals surface area contributed by atoms with E-state index in [9.17, 15) is 27.6 Å². The smallest absolute Gasteiger partial charge is 0.469 e. The lowest BCUT2D eigenvalue weighted by Gasteiger charge is -2.17. The lowest BCUT2D eigenvalue weighted by Crippen LogP contribution is -2.34. The van der Waals surface area contributed by atoms with Gasteiger partial charge in [0.1, 0.15) is 5.75 Å². The van der Waals surface area contributed by atoms with Crippen molar-refractivity contribution in [3.63, 3.8) is 0 Å². The summed E-state index contributed by atoms with van der Waals surface area (Å²) in [6, 6.07) is 11.4. The van der Waals surface area contributed by atoms with Gasteiger partial charge in [0.2, 0.25) is 5.91 Å². The van der Waals surface area contributed by atoms with E-state index in [4.69, 9.17) is 4.74 Å². The van der Waals surface area contributed by atoms with Crippen LogP contribution in [-0.2, 0) is 20.7 Å². The molecule has 0 aliphatic heterocycles. The molecule has 2 aromatic carbocycles. The fraction of sp³-hybridized carbons (Fsp3) is 0.308. The topological polar surface area (TPSA) is 103 Å². The van der Waals surface area contributed by atoms with Gasteiger partial charge in [0, 0.05) is 30.4 Å². The van der Waals surface area contributed by atoms with Crippen molar-refractivity contribution in [3.05, 3.63) is 71.0 Å². The zero-order chi connectivity index (χ0) is 28.0. The molecule has 0 aliphatic rings. The fourth-order valence-corrected chi connectivity index (χ4v) is 3.81. The number of alkyl halides is 3. The van der Waals surface area contributed by atoms with E-state index >= 15 is 0 Å². The van der Waals surface area contributed by atoms with Gasteiger partial charge in [0.15, 0.2) is 0 Å². The van der Waals surface area contributed by atoms with E-state index in [0.717, 1.165) is 34.8 Å². The maximum atomic E-state index is 12.8. The van der Waals surface area contributed by atoms with Gasteiger partial charge in [-0.05, 0) is 74.4 Å². The number of hydrogen-bond acceptors (Lipinski definition) is 6. The number of ether oxygens (including phenoxy) is 2. The van der Waals surface area contributed by atoms with Crippen molar-refractivity contribution in [2.75, 3.05) is 26.0 Å². The minimum absolute atomic E-state index is 0.245. The molecule has 0 saturated carbocycles. The van der Waals surface area contributed by atoms with Gasteiger partial charge in [-0.2, -0.15) is 5.10 Å². The molecule has 0 atom stereocenters. The third-order valence-electron chi connectivity index (χ3n) is 5.71. The number of benzene rings is 2. The second-order valence-corrected chi connectivity index (χ2v) is 8.47. The highest BCUT2D eigenvalue weighted by atomic mass is 19.4. The first-order chi connectivity index (χ1) is 17.9. The van der Waals surface area contributed by atoms with Gasteiger partial charge in [0.25, 0.3) is 5.91 Å². The van der Waals surface area contributed by atoms with Crippen LogP contribution in [0.1, 0.15) is 33.7 Å². The van der Waals surface area contributed by atoms with E-state index in [-0.39, 0.29) is 24.6 Å². The van der Waals surface area contributed by atoms with Crippen LogP contribution in [-0.4, -0.2) is 59.5 Å². The van der Waals surface area contributed by atoms with Crippen LogP contribution in [0, 0.1) is 13.8 Å². The number of nitrogens with one attached hydrogen (secondary N) is 1. The zero-order valence-corrected chi connectivity index (χ0v) is 21.3. The third kappa shape index (κ3) is 7.34. The Morgan fingerprint density at radius 2 is 1.66 bits per heavy atom. The first-order valence-electron chi connectivity index (χ1n) is 11.5. The molecule has 202 valence electrons. The molecule has 1 aromatic heterocycles. The van der Waals surface area contributed by atoms with Crippen molar-refractivity contribution in [1.82, 2.24) is 14.7 Å². The van der Waals surface area contributed by atoms with E-state index in [1.165, 1.54) is 31.2 Å². The highest BCUT2D eigenvalue weighted by Gasteiger charge is 2.31. The van der Waals surface area contributed by atoms with Gasteiger partial charge in [-0.1, -0.05) is 0 Å². The zero-order valence-electron chi connectivity index (χ0n) is 21.3. The third-order valence-corrected chi connectivity index (χ3v) is 5.71. The Labute approximate surface area is 217 Å². The number of aromatic nitrogens is 2. The lowest BCUT2D eigenvalue weighted by molar-refractivity contribution is -0.274. The van der Waals surface area contributed by atoms with Crippen LogP contribution >= 0.6 is 0 Å². The monoisotopic (exact) mass is 532 g/mol. The molecule has 2 amide bonds. The molecule has 3 rings (SSSR count). The number of anilines is 1. The molecule has 1 heterocycles. The summed E-state index contributed by atoms with van der Waals surface area (Å²) in [5.74, 6) is -1.63. The number of amides is 2. The van der Waals surface area contributed by atoms with E-state index < -0.39 is 23.9 Å². The first kappa shape index (κ1) is 28.2. The molecular formula is C26H27F3N4O5. The van der Waals surface area contributed by atoms with Crippen LogP contribution < -0.4 is 10.1 Å². The van der Waals surface area contributed by atoms with Crippen LogP contribution in [0.3, 0.4) is 0 Å². The Morgan fingerprint density at radius 3 is 2.24 bits per heavy atom. The number of hydrogen-bond donors (Lipinski definition) is 1. The number of carbonyl (C=O) groups excluding carboxylic acids is 3. The number of carbonyl (C=O) groups is 3. The number of methoxy groups -OCH3 is 1. The Balaban J connectivity index is 1.60. The Hall–Kier alpha value is -4.35. The highest BCUT2D eigenvalue weighted by molar-refractivity contribution is 5.99. The number of nitrogens with zero attached hydrogens (tertiary/aromatic N) is 3. The number of rotatable bonds is 9. The summed E-state index contributed by atoms with van der Waals surface area (Å²) in [6.45, 7) is 3.48. The summed E-state index contributed by atoms with van der Waals surface area (Å²) in [4.78, 5) is 37.9. The maximum Gasteiger partial charge on any atom is 0.573 e. The molecule has 38 heavy (non-hydrogen) atoms. The quantitative estimate of drug-likeness (QED) is 0.415. The van der Waals surface area contributed by atoms with Crippen molar-refractivity contribution in [2.24, 2.45) is 0 Å². The van der Waals surface area contributed by atoms with Crippen LogP contribution in [0.2, 0.25) is 0 Å². The van der Waals surface area contributed by atoms with Gasteiger partial charge in [-0.15, -0.1) is 13.2 Å². The predicted molar refractivity (Wildman–Crippen MR) is 132 cm³/mol. The van der Waals surface area contributed by atoms with Crippen LogP contribution in [0.5, 0.6) is 5.75 Å². The maximum absolute atomic E-state index is 12.8. The average Bonchev–Trinajstić information content (AvgIpc) is 3.15. The molecule has 0 radical (unpaired) electrons. The SMILES string of the molecule is COC(=O)CCc1c(C)nn(-c2ccc(C(=O)N(C)CC(=O)Nc3ccc(OC(F)(F)F)cc3)cc2)c1C. The summed E-state index contributed by atoms with van der Waals surface area (Å²) in [5, 5.41) is 7.07. The normalized spacial score (nSPS) is 11.1. The first-order valence-corrected chi connectivity index (χ1v) is 11.5. The molecule has 9 nitrogen and oxygen atoms in total. The van der Waals surface area contributed by atoms with Gasteiger partial charge >= 0.3 is 12.3 Å². The molecule has 12 heteroatoms. The molecular weight excluding hydrogens is 505 g/mol. The molecule has 0 saturated heterocycles. The van der Waals surface area contributed by atoms with Crippen molar-refractivity contribution in [3.8, 4) is 11.4 Å². The molecule has 0 aliphatic carbocycles. The Kier molecular flexibility index (Phi) is 8.76. The summed E-state index contributed by atoms with van der Waals surface area (Å²) in [6.07, 6.45) is -4.06.